The van der Waals surface area contributed by atoms with Gasteiger partial charge in [0.15, 0.2) is 0 Å². The molecule has 4 aromatic rings. The fourth-order valence-corrected chi connectivity index (χ4v) is 5.19. The summed E-state index contributed by atoms with van der Waals surface area (Å²) >= 11 is 0. The van der Waals surface area contributed by atoms with E-state index in [4.69, 9.17) is 10.5 Å². The van der Waals surface area contributed by atoms with E-state index in [-0.39, 0.29) is 34.8 Å². The number of pyridine rings is 1. The van der Waals surface area contributed by atoms with Crippen LogP contribution in [0.4, 0.5) is 30.9 Å². The predicted molar refractivity (Wildman–Crippen MR) is 153 cm³/mol. The third-order valence-corrected chi connectivity index (χ3v) is 7.55. The van der Waals surface area contributed by atoms with E-state index in [0.29, 0.717) is 30.2 Å². The zero-order chi connectivity index (χ0) is 30.2. The molecule has 0 aliphatic carbocycles. The van der Waals surface area contributed by atoms with E-state index in [0.717, 1.165) is 17.8 Å². The molecule has 1 amide bonds. The standard InChI is InChI=1S/C29H31F2N9O2/c1-16-13-39(14-21(33)26(16)37-28(41)42-4)24-7-8-34-12-23(24)36-27-35-11-18-5-6-22(38-40(18)27)25-19(30)9-17(10-20(25)31)29(2,3)15-32/h5-12,16,21,26H,13-14,33H2,1-4H3,(H,35,36)(H,37,41). The van der Waals surface area contributed by atoms with E-state index in [9.17, 15) is 10.1 Å². The summed E-state index contributed by atoms with van der Waals surface area (Å²) in [7, 11) is 1.31. The maximum atomic E-state index is 15.2. The molecule has 0 bridgehead atoms. The van der Waals surface area contributed by atoms with Gasteiger partial charge < -0.3 is 26.0 Å². The lowest BCUT2D eigenvalue weighted by atomic mass is 9.85. The zero-order valence-electron chi connectivity index (χ0n) is 23.6. The molecule has 1 aliphatic heterocycles. The summed E-state index contributed by atoms with van der Waals surface area (Å²) in [6, 6.07) is 8.80. The number of aromatic nitrogens is 4. The van der Waals surface area contributed by atoms with Gasteiger partial charge in [-0.1, -0.05) is 6.92 Å². The van der Waals surface area contributed by atoms with E-state index in [1.165, 1.54) is 17.7 Å². The van der Waals surface area contributed by atoms with Crippen molar-refractivity contribution in [2.75, 3.05) is 30.4 Å². The highest BCUT2D eigenvalue weighted by Crippen LogP contribution is 2.33. The molecule has 218 valence electrons. The molecule has 3 unspecified atom stereocenters. The summed E-state index contributed by atoms with van der Waals surface area (Å²) in [5, 5.41) is 19.9. The third kappa shape index (κ3) is 5.40. The number of anilines is 3. The van der Waals surface area contributed by atoms with Crippen molar-refractivity contribution < 1.29 is 18.3 Å². The van der Waals surface area contributed by atoms with Crippen LogP contribution >= 0.6 is 0 Å². The highest BCUT2D eigenvalue weighted by atomic mass is 19.1. The fourth-order valence-electron chi connectivity index (χ4n) is 5.19. The number of methoxy groups -OCH3 is 1. The Kier molecular flexibility index (Phi) is 7.66. The largest absolute Gasteiger partial charge is 0.453 e. The van der Waals surface area contributed by atoms with E-state index in [1.807, 2.05) is 13.0 Å². The Labute approximate surface area is 241 Å². The first-order valence-electron chi connectivity index (χ1n) is 13.3. The molecular formula is C29H31F2N9O2. The molecule has 1 aliphatic rings. The van der Waals surface area contributed by atoms with Crippen LogP contribution in [0.25, 0.3) is 16.8 Å². The number of rotatable bonds is 6. The van der Waals surface area contributed by atoms with E-state index >= 15 is 8.78 Å². The lowest BCUT2D eigenvalue weighted by Gasteiger charge is -2.42. The number of ether oxygens (including phenoxy) is 1. The first-order chi connectivity index (χ1) is 20.0. The van der Waals surface area contributed by atoms with Gasteiger partial charge in [0.2, 0.25) is 5.95 Å². The number of alkyl carbamates (subject to hydrolysis) is 1. The van der Waals surface area contributed by atoms with Gasteiger partial charge in [0.1, 0.15) is 11.6 Å². The molecule has 0 spiro atoms. The summed E-state index contributed by atoms with van der Waals surface area (Å²) in [5.74, 6) is -1.32. The number of carbonyl (C=O) groups is 1. The van der Waals surface area contributed by atoms with Gasteiger partial charge in [-0.2, -0.15) is 14.9 Å². The number of nitrogens with zero attached hydrogens (tertiary/aromatic N) is 6. The molecule has 11 nitrogen and oxygen atoms in total. The number of benzene rings is 1. The van der Waals surface area contributed by atoms with Gasteiger partial charge in [0.25, 0.3) is 0 Å². The van der Waals surface area contributed by atoms with Gasteiger partial charge in [-0.25, -0.2) is 18.6 Å². The van der Waals surface area contributed by atoms with Gasteiger partial charge in [0, 0.05) is 25.3 Å². The van der Waals surface area contributed by atoms with E-state index < -0.39 is 23.1 Å². The maximum Gasteiger partial charge on any atom is 0.407 e. The topological polar surface area (TPSA) is 146 Å². The van der Waals surface area contributed by atoms with Crippen molar-refractivity contribution in [1.29, 1.82) is 5.26 Å². The summed E-state index contributed by atoms with van der Waals surface area (Å²) in [4.78, 5) is 22.6. The Morgan fingerprint density at radius 3 is 2.60 bits per heavy atom. The lowest BCUT2D eigenvalue weighted by molar-refractivity contribution is 0.156. The Balaban J connectivity index is 1.45. The second kappa shape index (κ2) is 11.2. The van der Waals surface area contributed by atoms with Crippen LogP contribution in [-0.4, -0.2) is 58.0 Å². The molecule has 5 rings (SSSR count). The van der Waals surface area contributed by atoms with Gasteiger partial charge >= 0.3 is 6.09 Å². The third-order valence-electron chi connectivity index (χ3n) is 7.55. The number of amides is 1. The molecule has 4 N–H and O–H groups in total. The summed E-state index contributed by atoms with van der Waals surface area (Å²) in [6.07, 6.45) is 4.37. The van der Waals surface area contributed by atoms with E-state index in [2.05, 4.69) is 36.7 Å². The predicted octanol–water partition coefficient (Wildman–Crippen LogP) is 4.12. The van der Waals surface area contributed by atoms with Crippen molar-refractivity contribution >= 4 is 28.9 Å². The molecule has 13 heteroatoms. The first-order valence-corrected chi connectivity index (χ1v) is 13.3. The second-order valence-electron chi connectivity index (χ2n) is 10.9. The number of fused-ring (bicyclic) bond motifs is 1. The van der Waals surface area contributed by atoms with Crippen LogP contribution in [0.15, 0.2) is 48.9 Å². The number of halogens is 2. The molecule has 0 radical (unpaired) electrons. The molecule has 1 aromatic carbocycles. The Bertz CT molecular complexity index is 1650. The van der Waals surface area contributed by atoms with Crippen LogP contribution < -0.4 is 21.3 Å². The van der Waals surface area contributed by atoms with Crippen molar-refractivity contribution in [3.8, 4) is 17.3 Å². The van der Waals surface area contributed by atoms with Gasteiger partial charge in [-0.05, 0) is 55.7 Å². The van der Waals surface area contributed by atoms with Crippen LogP contribution in [0.3, 0.4) is 0 Å². The number of nitriles is 1. The minimum Gasteiger partial charge on any atom is -0.453 e. The Hall–Kier alpha value is -4.83. The van der Waals surface area contributed by atoms with Gasteiger partial charge in [-0.15, -0.1) is 0 Å². The van der Waals surface area contributed by atoms with Crippen LogP contribution in [0.5, 0.6) is 0 Å². The minimum absolute atomic E-state index is 0.0141. The number of hydrogen-bond acceptors (Lipinski definition) is 9. The normalized spacial score (nSPS) is 18.9. The average molecular weight is 576 g/mol. The van der Waals surface area contributed by atoms with Crippen molar-refractivity contribution in [2.45, 2.75) is 38.3 Å². The van der Waals surface area contributed by atoms with Crippen LogP contribution in [0.1, 0.15) is 26.3 Å². The van der Waals surface area contributed by atoms with Gasteiger partial charge in [-0.3, -0.25) is 4.98 Å². The molecule has 1 saturated heterocycles. The molecule has 42 heavy (non-hydrogen) atoms. The van der Waals surface area contributed by atoms with Crippen molar-refractivity contribution in [1.82, 2.24) is 24.9 Å². The number of imidazole rings is 1. The molecule has 0 saturated carbocycles. The molecule has 3 atom stereocenters. The van der Waals surface area contributed by atoms with Crippen molar-refractivity contribution in [3.05, 3.63) is 66.1 Å². The SMILES string of the molecule is COC(=O)NC1C(C)CN(c2ccncc2Nc2ncc3ccc(-c4c(F)cc(C(C)(C)C#N)cc4F)nn23)CC1N. The van der Waals surface area contributed by atoms with Crippen LogP contribution in [0.2, 0.25) is 0 Å². The number of piperidine rings is 1. The summed E-state index contributed by atoms with van der Waals surface area (Å²) < 4.78 is 36.6. The molecule has 3 aromatic heterocycles. The second-order valence-corrected chi connectivity index (χ2v) is 10.9. The van der Waals surface area contributed by atoms with Gasteiger partial charge in [0.05, 0.1) is 65.2 Å². The smallest absolute Gasteiger partial charge is 0.407 e. The maximum absolute atomic E-state index is 15.2. The first kappa shape index (κ1) is 28.7. The van der Waals surface area contributed by atoms with Crippen LogP contribution in [-0.2, 0) is 10.2 Å². The molecule has 1 fully saturated rings. The number of carbonyl (C=O) groups excluding carboxylic acids is 1. The number of nitrogens with one attached hydrogen (secondary N) is 2. The van der Waals surface area contributed by atoms with E-state index in [1.54, 1.807) is 38.5 Å². The highest BCUT2D eigenvalue weighted by Gasteiger charge is 2.34. The highest BCUT2D eigenvalue weighted by molar-refractivity contribution is 5.74. The number of nitrogens with two attached hydrogens (primary N) is 1. The average Bonchev–Trinajstić information content (AvgIpc) is 3.36. The van der Waals surface area contributed by atoms with Crippen molar-refractivity contribution in [2.24, 2.45) is 11.7 Å². The minimum atomic E-state index is -1.06. The number of hydrogen-bond donors (Lipinski definition) is 3. The Morgan fingerprint density at radius 1 is 1.19 bits per heavy atom. The fraction of sp³-hybridized carbons (Fsp3) is 0.345. The van der Waals surface area contributed by atoms with Crippen molar-refractivity contribution in [3.63, 3.8) is 0 Å². The monoisotopic (exact) mass is 575 g/mol. The quantitative estimate of drug-likeness (QED) is 0.309. The molecule has 4 heterocycles. The Morgan fingerprint density at radius 2 is 1.93 bits per heavy atom. The molecular weight excluding hydrogens is 544 g/mol. The zero-order valence-corrected chi connectivity index (χ0v) is 23.6. The summed E-state index contributed by atoms with van der Waals surface area (Å²) in [5.41, 5.74) is 7.41. The van der Waals surface area contributed by atoms with Crippen LogP contribution in [0, 0.1) is 28.9 Å². The lowest BCUT2D eigenvalue weighted by Crippen LogP contribution is -2.62. The summed E-state index contributed by atoms with van der Waals surface area (Å²) in [6.45, 7) is 6.25.